The van der Waals surface area contributed by atoms with Crippen LogP contribution in [0.5, 0.6) is 5.75 Å². The van der Waals surface area contributed by atoms with Gasteiger partial charge in [0.25, 0.3) is 5.91 Å². The highest BCUT2D eigenvalue weighted by molar-refractivity contribution is 9.10. The molecule has 2 aliphatic heterocycles. The zero-order valence-corrected chi connectivity index (χ0v) is 11.3. The predicted molar refractivity (Wildman–Crippen MR) is 67.2 cm³/mol. The van der Waals surface area contributed by atoms with Gasteiger partial charge in [-0.3, -0.25) is 9.69 Å². The lowest BCUT2D eigenvalue weighted by Crippen LogP contribution is -2.45. The third-order valence-corrected chi connectivity index (χ3v) is 3.83. The van der Waals surface area contributed by atoms with Gasteiger partial charge in [-0.05, 0) is 19.1 Å². The van der Waals surface area contributed by atoms with Crippen LogP contribution in [-0.2, 0) is 10.3 Å². The summed E-state index contributed by atoms with van der Waals surface area (Å²) in [6, 6.07) is 5.09. The number of urea groups is 1. The molecule has 5 nitrogen and oxygen atoms in total. The van der Waals surface area contributed by atoms with Crippen molar-refractivity contribution in [2.45, 2.75) is 12.5 Å². The molecule has 0 radical (unpaired) electrons. The zero-order valence-electron chi connectivity index (χ0n) is 9.70. The van der Waals surface area contributed by atoms with E-state index in [4.69, 9.17) is 4.74 Å². The fraction of sp³-hybridized carbons (Fsp3) is 0.333. The molecule has 2 aliphatic rings. The van der Waals surface area contributed by atoms with E-state index in [1.807, 2.05) is 12.1 Å². The van der Waals surface area contributed by atoms with E-state index >= 15 is 0 Å². The van der Waals surface area contributed by atoms with Crippen molar-refractivity contribution in [2.24, 2.45) is 0 Å². The van der Waals surface area contributed by atoms with Crippen molar-refractivity contribution >= 4 is 27.9 Å². The van der Waals surface area contributed by atoms with Gasteiger partial charge >= 0.3 is 6.03 Å². The first-order valence-electron chi connectivity index (χ1n) is 5.65. The molecule has 1 saturated heterocycles. The van der Waals surface area contributed by atoms with Crippen LogP contribution in [0.3, 0.4) is 0 Å². The van der Waals surface area contributed by atoms with Crippen LogP contribution in [0, 0.1) is 0 Å². The molecule has 0 saturated carbocycles. The number of hydrogen-bond donors (Lipinski definition) is 1. The minimum absolute atomic E-state index is 0.153. The van der Waals surface area contributed by atoms with Crippen molar-refractivity contribution in [1.29, 1.82) is 0 Å². The molecular weight excluding hydrogens is 300 g/mol. The van der Waals surface area contributed by atoms with E-state index in [0.29, 0.717) is 12.3 Å². The number of nitrogens with one attached hydrogen (secondary N) is 1. The second kappa shape index (κ2) is 3.71. The van der Waals surface area contributed by atoms with E-state index in [0.717, 1.165) is 10.0 Å². The van der Waals surface area contributed by atoms with Gasteiger partial charge in [-0.15, -0.1) is 0 Å². The quantitative estimate of drug-likeness (QED) is 0.802. The zero-order chi connectivity index (χ0) is 12.9. The molecule has 0 bridgehead atoms. The summed E-state index contributed by atoms with van der Waals surface area (Å²) in [5.74, 6) is 0.395. The van der Waals surface area contributed by atoms with Crippen molar-refractivity contribution < 1.29 is 14.3 Å². The molecule has 3 rings (SSSR count). The minimum Gasteiger partial charge on any atom is -0.490 e. The van der Waals surface area contributed by atoms with E-state index in [-0.39, 0.29) is 18.5 Å². The number of hydrogen-bond acceptors (Lipinski definition) is 3. The number of ether oxygens (including phenoxy) is 1. The summed E-state index contributed by atoms with van der Waals surface area (Å²) in [5.41, 5.74) is -0.316. The Morgan fingerprint density at radius 1 is 1.50 bits per heavy atom. The molecule has 1 N–H and O–H groups in total. The maximum absolute atomic E-state index is 12.4. The Kier molecular flexibility index (Phi) is 2.38. The van der Waals surface area contributed by atoms with Crippen LogP contribution in [0.4, 0.5) is 4.79 Å². The lowest BCUT2D eigenvalue weighted by atomic mass is 9.92. The monoisotopic (exact) mass is 310 g/mol. The molecular formula is C12H11BrN2O3. The van der Waals surface area contributed by atoms with E-state index in [1.165, 1.54) is 4.90 Å². The topological polar surface area (TPSA) is 58.6 Å². The van der Waals surface area contributed by atoms with E-state index < -0.39 is 5.54 Å². The lowest BCUT2D eigenvalue weighted by molar-refractivity contribution is -0.131. The number of fused-ring (bicyclic) bond motifs is 2. The molecule has 1 unspecified atom stereocenters. The second-order valence-electron chi connectivity index (χ2n) is 4.31. The Hall–Kier alpha value is -1.56. The Labute approximate surface area is 112 Å². The smallest absolute Gasteiger partial charge is 0.325 e. The van der Waals surface area contributed by atoms with Gasteiger partial charge in [0.05, 0.1) is 0 Å². The summed E-state index contributed by atoms with van der Waals surface area (Å²) in [4.78, 5) is 25.4. The normalized spacial score (nSPS) is 25.3. The molecule has 94 valence electrons. The third kappa shape index (κ3) is 1.32. The molecule has 1 aromatic carbocycles. The van der Waals surface area contributed by atoms with Crippen molar-refractivity contribution in [1.82, 2.24) is 10.2 Å². The van der Waals surface area contributed by atoms with Crippen molar-refractivity contribution in [3.63, 3.8) is 0 Å². The maximum Gasteiger partial charge on any atom is 0.325 e. The Morgan fingerprint density at radius 3 is 2.94 bits per heavy atom. The number of benzene rings is 1. The van der Waals surface area contributed by atoms with Gasteiger partial charge in [0.15, 0.2) is 5.54 Å². The lowest BCUT2D eigenvalue weighted by Gasteiger charge is -2.19. The molecule has 2 heterocycles. The van der Waals surface area contributed by atoms with Crippen molar-refractivity contribution in [3.05, 3.63) is 28.2 Å². The van der Waals surface area contributed by atoms with Crippen LogP contribution < -0.4 is 10.1 Å². The SMILES string of the molecule is CCN1C(=O)NC2(COc3cc(Br)ccc32)C1=O. The average Bonchev–Trinajstić information content (AvgIpc) is 2.80. The predicted octanol–water partition coefficient (Wildman–Crippen LogP) is 1.61. The number of rotatable bonds is 1. The third-order valence-electron chi connectivity index (χ3n) is 3.34. The van der Waals surface area contributed by atoms with E-state index in [2.05, 4.69) is 21.2 Å². The van der Waals surface area contributed by atoms with Gasteiger partial charge in [0.2, 0.25) is 0 Å². The van der Waals surface area contributed by atoms with Crippen molar-refractivity contribution in [2.75, 3.05) is 13.2 Å². The highest BCUT2D eigenvalue weighted by Gasteiger charge is 2.56. The van der Waals surface area contributed by atoms with Gasteiger partial charge in [0.1, 0.15) is 12.4 Å². The molecule has 1 atom stereocenters. The molecule has 0 aliphatic carbocycles. The first kappa shape index (κ1) is 11.5. The standard InChI is InChI=1S/C12H11BrN2O3/c1-2-15-10(16)12(14-11(15)17)6-18-9-5-7(13)3-4-8(9)12/h3-5H,2,6H2,1H3,(H,14,17). The largest absolute Gasteiger partial charge is 0.490 e. The molecule has 6 heteroatoms. The van der Waals surface area contributed by atoms with Crippen LogP contribution >= 0.6 is 15.9 Å². The van der Waals surface area contributed by atoms with Gasteiger partial charge in [-0.25, -0.2) is 4.79 Å². The second-order valence-corrected chi connectivity index (χ2v) is 5.23. The molecule has 0 aromatic heterocycles. The van der Waals surface area contributed by atoms with Gasteiger partial charge in [-0.2, -0.15) is 0 Å². The molecule has 3 amide bonds. The van der Waals surface area contributed by atoms with Gasteiger partial charge < -0.3 is 10.1 Å². The van der Waals surface area contributed by atoms with Crippen LogP contribution in [0.1, 0.15) is 12.5 Å². The average molecular weight is 311 g/mol. The number of likely N-dealkylation sites (N-methyl/N-ethyl adjacent to an activating group) is 1. The number of amides is 3. The first-order valence-corrected chi connectivity index (χ1v) is 6.45. The van der Waals surface area contributed by atoms with Crippen molar-refractivity contribution in [3.8, 4) is 5.75 Å². The molecule has 1 fully saturated rings. The molecule has 1 spiro atoms. The summed E-state index contributed by atoms with van der Waals surface area (Å²) >= 11 is 3.35. The van der Waals surface area contributed by atoms with Crippen LogP contribution in [0.15, 0.2) is 22.7 Å². The number of imide groups is 1. The number of nitrogens with zero attached hydrogens (tertiary/aromatic N) is 1. The van der Waals surface area contributed by atoms with Crippen LogP contribution in [0.2, 0.25) is 0 Å². The van der Waals surface area contributed by atoms with Gasteiger partial charge in [-0.1, -0.05) is 22.0 Å². The number of carbonyl (C=O) groups is 2. The Balaban J connectivity index is 2.11. The maximum atomic E-state index is 12.4. The fourth-order valence-corrected chi connectivity index (χ4v) is 2.77. The first-order chi connectivity index (χ1) is 8.58. The molecule has 1 aromatic rings. The van der Waals surface area contributed by atoms with Crippen LogP contribution in [-0.4, -0.2) is 30.0 Å². The summed E-state index contributed by atoms with van der Waals surface area (Å²) < 4.78 is 6.41. The van der Waals surface area contributed by atoms with E-state index in [1.54, 1.807) is 13.0 Å². The highest BCUT2D eigenvalue weighted by atomic mass is 79.9. The number of carbonyl (C=O) groups excluding carboxylic acids is 2. The highest BCUT2D eigenvalue weighted by Crippen LogP contribution is 2.42. The Morgan fingerprint density at radius 2 is 2.28 bits per heavy atom. The Bertz CT molecular complexity index is 560. The fourth-order valence-electron chi connectivity index (χ4n) is 2.43. The summed E-state index contributed by atoms with van der Waals surface area (Å²) in [7, 11) is 0. The summed E-state index contributed by atoms with van der Waals surface area (Å²) in [5, 5.41) is 2.75. The molecule has 18 heavy (non-hydrogen) atoms. The van der Waals surface area contributed by atoms with Gasteiger partial charge in [0, 0.05) is 16.6 Å². The minimum atomic E-state index is -1.04. The summed E-state index contributed by atoms with van der Waals surface area (Å²) in [6.07, 6.45) is 0. The number of halogens is 1. The van der Waals surface area contributed by atoms with E-state index in [9.17, 15) is 9.59 Å². The summed E-state index contributed by atoms with van der Waals surface area (Å²) in [6.45, 7) is 2.28. The van der Waals surface area contributed by atoms with Crippen LogP contribution in [0.25, 0.3) is 0 Å².